The van der Waals surface area contributed by atoms with E-state index >= 15 is 0 Å². The minimum atomic E-state index is -0.0704. The zero-order valence-corrected chi connectivity index (χ0v) is 9.20. The van der Waals surface area contributed by atoms with Gasteiger partial charge in [0, 0.05) is 12.6 Å². The monoisotopic (exact) mass is 205 g/mol. The summed E-state index contributed by atoms with van der Waals surface area (Å²) in [7, 11) is 1.62. The standard InChI is InChI=1S/C12H15NO2/c1-4-12(13-9(2)14)10-5-7-11(15-3)8-6-10/h4-8H,1-3H3,(H,13,14). The molecule has 0 aliphatic heterocycles. The number of carbonyl (C=O) groups excluding carboxylic acids is 1. The highest BCUT2D eigenvalue weighted by atomic mass is 16.5. The number of allylic oxidation sites excluding steroid dienone is 1. The highest BCUT2D eigenvalue weighted by molar-refractivity contribution is 5.84. The summed E-state index contributed by atoms with van der Waals surface area (Å²) in [4.78, 5) is 10.9. The third-order valence-corrected chi connectivity index (χ3v) is 2.00. The van der Waals surface area contributed by atoms with E-state index in [-0.39, 0.29) is 5.91 Å². The Balaban J connectivity index is 2.89. The van der Waals surface area contributed by atoms with Crippen molar-refractivity contribution in [3.8, 4) is 5.75 Å². The predicted octanol–water partition coefficient (Wildman–Crippen LogP) is 2.19. The molecule has 0 heterocycles. The van der Waals surface area contributed by atoms with Crippen molar-refractivity contribution in [2.24, 2.45) is 0 Å². The van der Waals surface area contributed by atoms with Crippen LogP contribution in [0.25, 0.3) is 5.70 Å². The van der Waals surface area contributed by atoms with Crippen molar-refractivity contribution in [1.82, 2.24) is 5.32 Å². The van der Waals surface area contributed by atoms with Gasteiger partial charge in [0.2, 0.25) is 5.91 Å². The van der Waals surface area contributed by atoms with Gasteiger partial charge in [0.1, 0.15) is 5.75 Å². The summed E-state index contributed by atoms with van der Waals surface area (Å²) in [6.45, 7) is 3.38. The summed E-state index contributed by atoms with van der Waals surface area (Å²) in [6, 6.07) is 7.54. The van der Waals surface area contributed by atoms with Crippen molar-refractivity contribution in [2.45, 2.75) is 13.8 Å². The highest BCUT2D eigenvalue weighted by Crippen LogP contribution is 2.16. The Morgan fingerprint density at radius 2 is 1.93 bits per heavy atom. The molecular weight excluding hydrogens is 190 g/mol. The van der Waals surface area contributed by atoms with Gasteiger partial charge in [0.05, 0.1) is 7.11 Å². The van der Waals surface area contributed by atoms with E-state index in [9.17, 15) is 4.79 Å². The Morgan fingerprint density at radius 3 is 2.33 bits per heavy atom. The first-order chi connectivity index (χ1) is 7.17. The molecule has 1 rings (SSSR count). The van der Waals surface area contributed by atoms with Gasteiger partial charge in [-0.25, -0.2) is 0 Å². The smallest absolute Gasteiger partial charge is 0.221 e. The fraction of sp³-hybridized carbons (Fsp3) is 0.250. The number of rotatable bonds is 3. The highest BCUT2D eigenvalue weighted by Gasteiger charge is 2.02. The lowest BCUT2D eigenvalue weighted by atomic mass is 10.1. The van der Waals surface area contributed by atoms with Gasteiger partial charge in [-0.15, -0.1) is 0 Å². The minimum Gasteiger partial charge on any atom is -0.497 e. The van der Waals surface area contributed by atoms with Gasteiger partial charge in [0.25, 0.3) is 0 Å². The number of carbonyl (C=O) groups is 1. The zero-order chi connectivity index (χ0) is 11.3. The Bertz CT molecular complexity index is 366. The number of benzene rings is 1. The number of amides is 1. The average Bonchev–Trinajstić information content (AvgIpc) is 2.26. The third kappa shape index (κ3) is 3.13. The van der Waals surface area contributed by atoms with Crippen LogP contribution in [0.5, 0.6) is 5.75 Å². The summed E-state index contributed by atoms with van der Waals surface area (Å²) < 4.78 is 5.06. The van der Waals surface area contributed by atoms with Gasteiger partial charge in [-0.2, -0.15) is 0 Å². The Morgan fingerprint density at radius 1 is 1.33 bits per heavy atom. The van der Waals surface area contributed by atoms with Crippen molar-refractivity contribution in [3.63, 3.8) is 0 Å². The molecule has 1 aromatic rings. The van der Waals surface area contributed by atoms with E-state index in [0.29, 0.717) is 0 Å². The van der Waals surface area contributed by atoms with Crippen LogP contribution in [0.4, 0.5) is 0 Å². The molecule has 1 N–H and O–H groups in total. The number of nitrogens with one attached hydrogen (secondary N) is 1. The van der Waals surface area contributed by atoms with Crippen LogP contribution in [0.15, 0.2) is 30.3 Å². The van der Waals surface area contributed by atoms with E-state index in [2.05, 4.69) is 5.32 Å². The number of methoxy groups -OCH3 is 1. The van der Waals surface area contributed by atoms with Crippen molar-refractivity contribution >= 4 is 11.6 Å². The molecule has 0 bridgehead atoms. The van der Waals surface area contributed by atoms with E-state index in [1.807, 2.05) is 37.3 Å². The summed E-state index contributed by atoms with van der Waals surface area (Å²) in [5.41, 5.74) is 1.78. The summed E-state index contributed by atoms with van der Waals surface area (Å²) in [6.07, 6.45) is 1.86. The predicted molar refractivity (Wildman–Crippen MR) is 60.5 cm³/mol. The molecule has 1 aromatic carbocycles. The Kier molecular flexibility index (Phi) is 3.92. The van der Waals surface area contributed by atoms with Crippen LogP contribution in [0.2, 0.25) is 0 Å². The Labute approximate surface area is 89.8 Å². The molecule has 0 spiro atoms. The number of ether oxygens (including phenoxy) is 1. The first kappa shape index (κ1) is 11.3. The lowest BCUT2D eigenvalue weighted by molar-refractivity contribution is -0.117. The van der Waals surface area contributed by atoms with Crippen molar-refractivity contribution in [1.29, 1.82) is 0 Å². The topological polar surface area (TPSA) is 38.3 Å². The van der Waals surface area contributed by atoms with Gasteiger partial charge in [-0.05, 0) is 36.8 Å². The van der Waals surface area contributed by atoms with Crippen LogP contribution in [0.1, 0.15) is 19.4 Å². The second kappa shape index (κ2) is 5.20. The fourth-order valence-electron chi connectivity index (χ4n) is 1.27. The summed E-state index contributed by atoms with van der Waals surface area (Å²) >= 11 is 0. The van der Waals surface area contributed by atoms with E-state index in [1.54, 1.807) is 7.11 Å². The lowest BCUT2D eigenvalue weighted by Gasteiger charge is -2.08. The van der Waals surface area contributed by atoms with Crippen LogP contribution >= 0.6 is 0 Å². The first-order valence-electron chi connectivity index (χ1n) is 4.75. The summed E-state index contributed by atoms with van der Waals surface area (Å²) in [5, 5.41) is 2.76. The molecule has 0 fully saturated rings. The molecule has 0 unspecified atom stereocenters. The molecule has 3 heteroatoms. The Hall–Kier alpha value is -1.77. The lowest BCUT2D eigenvalue weighted by Crippen LogP contribution is -2.17. The molecule has 0 saturated carbocycles. The van der Waals surface area contributed by atoms with Crippen molar-refractivity contribution < 1.29 is 9.53 Å². The molecule has 0 aliphatic carbocycles. The largest absolute Gasteiger partial charge is 0.497 e. The van der Waals surface area contributed by atoms with Crippen LogP contribution in [-0.4, -0.2) is 13.0 Å². The van der Waals surface area contributed by atoms with Gasteiger partial charge in [-0.1, -0.05) is 6.08 Å². The molecule has 15 heavy (non-hydrogen) atoms. The van der Waals surface area contributed by atoms with Gasteiger partial charge < -0.3 is 10.1 Å². The van der Waals surface area contributed by atoms with E-state index < -0.39 is 0 Å². The second-order valence-corrected chi connectivity index (χ2v) is 3.11. The maximum absolute atomic E-state index is 10.9. The third-order valence-electron chi connectivity index (χ3n) is 2.00. The summed E-state index contributed by atoms with van der Waals surface area (Å²) in [5.74, 6) is 0.732. The number of hydrogen-bond acceptors (Lipinski definition) is 2. The maximum Gasteiger partial charge on any atom is 0.221 e. The van der Waals surface area contributed by atoms with Crippen molar-refractivity contribution in [2.75, 3.05) is 7.11 Å². The fourth-order valence-corrected chi connectivity index (χ4v) is 1.27. The van der Waals surface area contributed by atoms with E-state index in [4.69, 9.17) is 4.74 Å². The normalized spacial score (nSPS) is 11.0. The molecule has 0 aromatic heterocycles. The molecule has 3 nitrogen and oxygen atoms in total. The molecular formula is C12H15NO2. The second-order valence-electron chi connectivity index (χ2n) is 3.11. The zero-order valence-electron chi connectivity index (χ0n) is 9.20. The molecule has 1 amide bonds. The molecule has 0 atom stereocenters. The van der Waals surface area contributed by atoms with Crippen molar-refractivity contribution in [3.05, 3.63) is 35.9 Å². The molecule has 0 radical (unpaired) electrons. The minimum absolute atomic E-state index is 0.0704. The SMILES string of the molecule is CC=C(NC(C)=O)c1ccc(OC)cc1. The molecule has 0 aliphatic rings. The quantitative estimate of drug-likeness (QED) is 0.821. The van der Waals surface area contributed by atoms with Gasteiger partial charge in [0.15, 0.2) is 0 Å². The van der Waals surface area contributed by atoms with E-state index in [1.165, 1.54) is 6.92 Å². The first-order valence-corrected chi connectivity index (χ1v) is 4.75. The van der Waals surface area contributed by atoms with Crippen LogP contribution in [0, 0.1) is 0 Å². The molecule has 0 saturated heterocycles. The van der Waals surface area contributed by atoms with Crippen LogP contribution < -0.4 is 10.1 Å². The number of hydrogen-bond donors (Lipinski definition) is 1. The maximum atomic E-state index is 10.9. The average molecular weight is 205 g/mol. The van der Waals surface area contributed by atoms with Crippen LogP contribution in [0.3, 0.4) is 0 Å². The van der Waals surface area contributed by atoms with Crippen LogP contribution in [-0.2, 0) is 4.79 Å². The van der Waals surface area contributed by atoms with Gasteiger partial charge >= 0.3 is 0 Å². The molecule has 80 valence electrons. The van der Waals surface area contributed by atoms with E-state index in [0.717, 1.165) is 17.0 Å². The van der Waals surface area contributed by atoms with Gasteiger partial charge in [-0.3, -0.25) is 4.79 Å².